The first kappa shape index (κ1) is 17.9. The van der Waals surface area contributed by atoms with Crippen LogP contribution < -0.4 is 10.5 Å². The molecule has 0 aliphatic carbocycles. The summed E-state index contributed by atoms with van der Waals surface area (Å²) >= 11 is 12.0. The Morgan fingerprint density at radius 3 is 2.76 bits per heavy atom. The molecule has 1 amide bonds. The van der Waals surface area contributed by atoms with E-state index >= 15 is 0 Å². The van der Waals surface area contributed by atoms with Crippen LogP contribution in [0.15, 0.2) is 30.3 Å². The van der Waals surface area contributed by atoms with Gasteiger partial charge in [0.15, 0.2) is 5.69 Å². The van der Waals surface area contributed by atoms with Gasteiger partial charge >= 0.3 is 0 Å². The summed E-state index contributed by atoms with van der Waals surface area (Å²) in [4.78, 5) is 14.4. The fourth-order valence-electron chi connectivity index (χ4n) is 2.91. The smallest absolute Gasteiger partial charge is 0.274 e. The molecule has 0 bridgehead atoms. The number of likely N-dealkylation sites (tertiary alicyclic amines) is 1. The lowest BCUT2D eigenvalue weighted by Crippen LogP contribution is -2.35. The quantitative estimate of drug-likeness (QED) is 0.878. The van der Waals surface area contributed by atoms with Gasteiger partial charge in [-0.1, -0.05) is 29.3 Å². The maximum absolute atomic E-state index is 12.6. The van der Waals surface area contributed by atoms with Crippen molar-refractivity contribution in [2.75, 3.05) is 13.1 Å². The number of carbonyl (C=O) groups is 1. The van der Waals surface area contributed by atoms with Crippen molar-refractivity contribution in [2.45, 2.75) is 19.4 Å². The summed E-state index contributed by atoms with van der Waals surface area (Å²) in [6, 6.07) is 8.37. The molecule has 0 spiro atoms. The Morgan fingerprint density at radius 2 is 2.12 bits per heavy atom. The molecule has 8 heteroatoms. The van der Waals surface area contributed by atoms with Crippen LogP contribution in [0.1, 0.15) is 23.8 Å². The van der Waals surface area contributed by atoms with Crippen LogP contribution in [0.2, 0.25) is 10.0 Å². The lowest BCUT2D eigenvalue weighted by molar-refractivity contribution is 0.0736. The zero-order valence-electron chi connectivity index (χ0n) is 13.7. The van der Waals surface area contributed by atoms with Crippen LogP contribution in [-0.2, 0) is 0 Å². The van der Waals surface area contributed by atoms with Crippen molar-refractivity contribution in [1.82, 2.24) is 15.1 Å². The third-order valence-corrected chi connectivity index (χ3v) is 5.05. The Bertz CT molecular complexity index is 770. The van der Waals surface area contributed by atoms with Gasteiger partial charge in [0, 0.05) is 18.7 Å². The van der Waals surface area contributed by atoms with E-state index < -0.39 is 0 Å². The summed E-state index contributed by atoms with van der Waals surface area (Å²) in [5.74, 6) is 0.791. The Kier molecular flexibility index (Phi) is 5.42. The van der Waals surface area contributed by atoms with Crippen molar-refractivity contribution < 1.29 is 9.53 Å². The first-order chi connectivity index (χ1) is 12.0. The SMILES string of the molecule is CC1CC(CN)CN1C(=O)c1ccc(Oc2cccc(Cl)c2Cl)nn1. The van der Waals surface area contributed by atoms with Crippen molar-refractivity contribution in [3.8, 4) is 11.6 Å². The molecule has 0 radical (unpaired) electrons. The largest absolute Gasteiger partial charge is 0.436 e. The standard InChI is InChI=1S/C17H18Cl2N4O2/c1-10-7-11(8-20)9-23(10)17(24)13-5-6-15(22-21-13)25-14-4-2-3-12(18)16(14)19/h2-6,10-11H,7-9,20H2,1H3. The van der Waals surface area contributed by atoms with Gasteiger partial charge in [-0.05, 0) is 44.0 Å². The number of amides is 1. The predicted octanol–water partition coefficient (Wildman–Crippen LogP) is 3.39. The van der Waals surface area contributed by atoms with Crippen LogP contribution in [0.5, 0.6) is 11.6 Å². The van der Waals surface area contributed by atoms with Gasteiger partial charge in [0.2, 0.25) is 5.88 Å². The van der Waals surface area contributed by atoms with Crippen molar-refractivity contribution >= 4 is 29.1 Å². The molecule has 2 N–H and O–H groups in total. The molecule has 2 unspecified atom stereocenters. The van der Waals surface area contributed by atoms with E-state index in [1.165, 1.54) is 0 Å². The molecule has 1 aromatic carbocycles. The second-order valence-corrected chi connectivity index (χ2v) is 6.84. The van der Waals surface area contributed by atoms with Gasteiger partial charge in [-0.2, -0.15) is 0 Å². The fraction of sp³-hybridized carbons (Fsp3) is 0.353. The van der Waals surface area contributed by atoms with Gasteiger partial charge in [-0.3, -0.25) is 4.79 Å². The molecule has 1 aliphatic heterocycles. The van der Waals surface area contributed by atoms with Crippen molar-refractivity contribution in [1.29, 1.82) is 0 Å². The number of hydrogen-bond donors (Lipinski definition) is 1. The summed E-state index contributed by atoms with van der Waals surface area (Å²) in [6.45, 7) is 3.24. The highest BCUT2D eigenvalue weighted by Gasteiger charge is 2.32. The number of ether oxygens (including phenoxy) is 1. The number of halogens is 2. The first-order valence-corrected chi connectivity index (χ1v) is 8.71. The van der Waals surface area contributed by atoms with Gasteiger partial charge in [0.25, 0.3) is 5.91 Å². The summed E-state index contributed by atoms with van der Waals surface area (Å²) in [7, 11) is 0. The van der Waals surface area contributed by atoms with E-state index in [2.05, 4.69) is 10.2 Å². The molecule has 2 atom stereocenters. The molecule has 1 aliphatic rings. The molecule has 1 saturated heterocycles. The van der Waals surface area contributed by atoms with Crippen LogP contribution in [0.4, 0.5) is 0 Å². The van der Waals surface area contributed by atoms with Gasteiger partial charge in [0.1, 0.15) is 10.8 Å². The zero-order valence-corrected chi connectivity index (χ0v) is 15.2. The minimum atomic E-state index is -0.150. The van der Waals surface area contributed by atoms with Crippen LogP contribution in [0, 0.1) is 5.92 Å². The second-order valence-electron chi connectivity index (χ2n) is 6.05. The maximum Gasteiger partial charge on any atom is 0.274 e. The Labute approximate surface area is 155 Å². The highest BCUT2D eigenvalue weighted by Crippen LogP contribution is 2.34. The van der Waals surface area contributed by atoms with E-state index in [0.29, 0.717) is 34.8 Å². The van der Waals surface area contributed by atoms with E-state index in [9.17, 15) is 4.79 Å². The monoisotopic (exact) mass is 380 g/mol. The van der Waals surface area contributed by atoms with Crippen LogP contribution in [0.3, 0.4) is 0 Å². The van der Waals surface area contributed by atoms with Crippen molar-refractivity contribution in [2.24, 2.45) is 11.7 Å². The number of nitrogens with zero attached hydrogens (tertiary/aromatic N) is 3. The van der Waals surface area contributed by atoms with Gasteiger partial charge in [-0.25, -0.2) is 0 Å². The minimum absolute atomic E-state index is 0.143. The molecule has 6 nitrogen and oxygen atoms in total. The molecule has 2 aromatic rings. The number of aromatic nitrogens is 2. The topological polar surface area (TPSA) is 81.3 Å². The normalized spacial score (nSPS) is 19.9. The van der Waals surface area contributed by atoms with E-state index in [1.54, 1.807) is 35.2 Å². The van der Waals surface area contributed by atoms with Crippen molar-refractivity contribution in [3.05, 3.63) is 46.1 Å². The van der Waals surface area contributed by atoms with E-state index in [0.717, 1.165) is 6.42 Å². The number of rotatable bonds is 4. The zero-order chi connectivity index (χ0) is 18.0. The molecule has 25 heavy (non-hydrogen) atoms. The average Bonchev–Trinajstić information content (AvgIpc) is 3.00. The second kappa shape index (κ2) is 7.56. The molecule has 132 valence electrons. The molecular weight excluding hydrogens is 363 g/mol. The average molecular weight is 381 g/mol. The Morgan fingerprint density at radius 1 is 1.32 bits per heavy atom. The number of carbonyl (C=O) groups excluding carboxylic acids is 1. The highest BCUT2D eigenvalue weighted by atomic mass is 35.5. The third-order valence-electron chi connectivity index (χ3n) is 4.25. The van der Waals surface area contributed by atoms with Gasteiger partial charge in [-0.15, -0.1) is 10.2 Å². The highest BCUT2D eigenvalue weighted by molar-refractivity contribution is 6.42. The fourth-order valence-corrected chi connectivity index (χ4v) is 3.24. The number of hydrogen-bond acceptors (Lipinski definition) is 5. The van der Waals surface area contributed by atoms with Gasteiger partial charge in [0.05, 0.1) is 5.02 Å². The van der Waals surface area contributed by atoms with Crippen molar-refractivity contribution in [3.63, 3.8) is 0 Å². The maximum atomic E-state index is 12.6. The molecule has 3 rings (SSSR count). The summed E-state index contributed by atoms with van der Waals surface area (Å²) < 4.78 is 5.57. The molecule has 0 saturated carbocycles. The van der Waals surface area contributed by atoms with Crippen LogP contribution >= 0.6 is 23.2 Å². The molecular formula is C17H18Cl2N4O2. The minimum Gasteiger partial charge on any atom is -0.436 e. The lowest BCUT2D eigenvalue weighted by atomic mass is 10.1. The van der Waals surface area contributed by atoms with E-state index in [-0.39, 0.29) is 23.5 Å². The molecule has 1 aromatic heterocycles. The summed E-state index contributed by atoms with van der Waals surface area (Å²) in [5.41, 5.74) is 5.98. The number of benzene rings is 1. The van der Waals surface area contributed by atoms with Crippen LogP contribution in [-0.4, -0.2) is 40.1 Å². The van der Waals surface area contributed by atoms with Gasteiger partial charge < -0.3 is 15.4 Å². The molecule has 2 heterocycles. The Balaban J connectivity index is 1.72. The Hall–Kier alpha value is -1.89. The van der Waals surface area contributed by atoms with E-state index in [4.69, 9.17) is 33.7 Å². The first-order valence-electron chi connectivity index (χ1n) is 7.96. The summed E-state index contributed by atoms with van der Waals surface area (Å²) in [5, 5.41) is 8.62. The third kappa shape index (κ3) is 3.86. The van der Waals surface area contributed by atoms with E-state index in [1.807, 2.05) is 6.92 Å². The van der Waals surface area contributed by atoms with Crippen LogP contribution in [0.25, 0.3) is 0 Å². The summed E-state index contributed by atoms with van der Waals surface area (Å²) in [6.07, 6.45) is 0.907. The lowest BCUT2D eigenvalue weighted by Gasteiger charge is -2.20. The number of nitrogens with two attached hydrogens (primary N) is 1. The predicted molar refractivity (Wildman–Crippen MR) is 96.2 cm³/mol. The molecule has 1 fully saturated rings.